The molecular formula is C18H20N2O6. The van der Waals surface area contributed by atoms with E-state index in [1.807, 2.05) is 24.3 Å². The van der Waals surface area contributed by atoms with Crippen molar-refractivity contribution in [2.24, 2.45) is 0 Å². The Morgan fingerprint density at radius 3 is 2.38 bits per heavy atom. The molecule has 0 bridgehead atoms. The minimum Gasteiger partial charge on any atom is -0.496 e. The first-order chi connectivity index (χ1) is 12.5. The Bertz CT molecular complexity index is 805. The van der Waals surface area contributed by atoms with Gasteiger partial charge in [0.25, 0.3) is 5.91 Å². The zero-order valence-corrected chi connectivity index (χ0v) is 14.5. The molecule has 3 amide bonds. The number of methoxy groups -OCH3 is 2. The number of nitrogens with one attached hydrogen (secondary N) is 2. The Labute approximate surface area is 150 Å². The number of ether oxygens (including phenoxy) is 3. The van der Waals surface area contributed by atoms with E-state index in [9.17, 15) is 14.4 Å². The summed E-state index contributed by atoms with van der Waals surface area (Å²) in [4.78, 5) is 35.4. The molecule has 0 spiro atoms. The molecule has 2 aromatic rings. The fraction of sp³-hybridized carbons (Fsp3) is 0.278. The fourth-order valence-corrected chi connectivity index (χ4v) is 2.23. The predicted octanol–water partition coefficient (Wildman–Crippen LogP) is 1.48. The van der Waals surface area contributed by atoms with Crippen LogP contribution in [0.4, 0.5) is 4.79 Å². The molecule has 0 atom stereocenters. The molecule has 0 heterocycles. The van der Waals surface area contributed by atoms with E-state index in [2.05, 4.69) is 10.6 Å². The molecule has 0 aliphatic carbocycles. The van der Waals surface area contributed by atoms with Gasteiger partial charge in [-0.25, -0.2) is 9.59 Å². The van der Waals surface area contributed by atoms with Gasteiger partial charge in [0.1, 0.15) is 11.3 Å². The van der Waals surface area contributed by atoms with Crippen LogP contribution in [0.1, 0.15) is 10.4 Å². The van der Waals surface area contributed by atoms with E-state index >= 15 is 0 Å². The van der Waals surface area contributed by atoms with Gasteiger partial charge in [-0.05, 0) is 22.9 Å². The Balaban J connectivity index is 1.96. The normalized spacial score (nSPS) is 10.2. The lowest BCUT2D eigenvalue weighted by molar-refractivity contribution is -0.123. The number of amides is 3. The Hall–Kier alpha value is -3.13. The molecule has 0 aliphatic heterocycles. The molecule has 0 aromatic heterocycles. The standard InChI is InChI=1S/C18H20N2O6/c1-24-8-7-19-18(23)20-16(21)11-26-17(22)14-9-12-5-3-4-6-13(12)10-15(14)25-2/h3-6,9-10H,7-8,11H2,1-2H3,(H2,19,20,21,23). The highest BCUT2D eigenvalue weighted by atomic mass is 16.5. The van der Waals surface area contributed by atoms with Gasteiger partial charge in [0.15, 0.2) is 6.61 Å². The number of rotatable bonds is 7. The number of hydrogen-bond acceptors (Lipinski definition) is 6. The highest BCUT2D eigenvalue weighted by Crippen LogP contribution is 2.26. The molecule has 0 saturated heterocycles. The van der Waals surface area contributed by atoms with E-state index < -0.39 is 24.5 Å². The largest absolute Gasteiger partial charge is 0.496 e. The molecule has 0 unspecified atom stereocenters. The van der Waals surface area contributed by atoms with Crippen molar-refractivity contribution in [3.63, 3.8) is 0 Å². The number of hydrogen-bond donors (Lipinski definition) is 2. The average molecular weight is 360 g/mol. The summed E-state index contributed by atoms with van der Waals surface area (Å²) in [6.07, 6.45) is 0. The first-order valence-electron chi connectivity index (χ1n) is 7.85. The molecule has 0 fully saturated rings. The molecule has 2 rings (SSSR count). The van der Waals surface area contributed by atoms with Gasteiger partial charge in [0.2, 0.25) is 0 Å². The summed E-state index contributed by atoms with van der Waals surface area (Å²) in [5, 5.41) is 6.21. The fourth-order valence-electron chi connectivity index (χ4n) is 2.23. The van der Waals surface area contributed by atoms with Crippen molar-refractivity contribution in [1.82, 2.24) is 10.6 Å². The van der Waals surface area contributed by atoms with Gasteiger partial charge < -0.3 is 19.5 Å². The van der Waals surface area contributed by atoms with Crippen molar-refractivity contribution < 1.29 is 28.6 Å². The van der Waals surface area contributed by atoms with Crippen LogP contribution in [0.15, 0.2) is 36.4 Å². The van der Waals surface area contributed by atoms with Crippen LogP contribution in [0.5, 0.6) is 5.75 Å². The number of fused-ring (bicyclic) bond motifs is 1. The van der Waals surface area contributed by atoms with Crippen molar-refractivity contribution in [2.45, 2.75) is 0 Å². The highest BCUT2D eigenvalue weighted by Gasteiger charge is 2.17. The van der Waals surface area contributed by atoms with Crippen LogP contribution in [0.3, 0.4) is 0 Å². The Morgan fingerprint density at radius 2 is 1.73 bits per heavy atom. The second-order valence-electron chi connectivity index (χ2n) is 5.27. The lowest BCUT2D eigenvalue weighted by Crippen LogP contribution is -2.42. The van der Waals surface area contributed by atoms with Crippen molar-refractivity contribution in [2.75, 3.05) is 34.0 Å². The van der Waals surface area contributed by atoms with E-state index in [-0.39, 0.29) is 12.1 Å². The van der Waals surface area contributed by atoms with Gasteiger partial charge in [-0.15, -0.1) is 0 Å². The van der Waals surface area contributed by atoms with Crippen LogP contribution in [-0.4, -0.2) is 51.9 Å². The molecule has 2 N–H and O–H groups in total. The number of benzene rings is 2. The highest BCUT2D eigenvalue weighted by molar-refractivity contribution is 6.00. The summed E-state index contributed by atoms with van der Waals surface area (Å²) in [6.45, 7) is -0.0193. The molecule has 138 valence electrons. The van der Waals surface area contributed by atoms with Crippen LogP contribution < -0.4 is 15.4 Å². The van der Waals surface area contributed by atoms with E-state index in [1.165, 1.54) is 14.2 Å². The first-order valence-corrected chi connectivity index (χ1v) is 7.85. The van der Waals surface area contributed by atoms with Gasteiger partial charge in [-0.2, -0.15) is 0 Å². The average Bonchev–Trinajstić information content (AvgIpc) is 2.65. The summed E-state index contributed by atoms with van der Waals surface area (Å²) in [6, 6.07) is 10.1. The van der Waals surface area contributed by atoms with Crippen molar-refractivity contribution in [3.8, 4) is 5.75 Å². The zero-order valence-electron chi connectivity index (χ0n) is 14.5. The first kappa shape index (κ1) is 19.2. The lowest BCUT2D eigenvalue weighted by atomic mass is 10.1. The topological polar surface area (TPSA) is 103 Å². The summed E-state index contributed by atoms with van der Waals surface area (Å²) in [5.74, 6) is -1.12. The van der Waals surface area contributed by atoms with Crippen LogP contribution in [0, 0.1) is 0 Å². The molecular weight excluding hydrogens is 340 g/mol. The summed E-state index contributed by atoms with van der Waals surface area (Å²) in [7, 11) is 2.93. The number of imide groups is 1. The maximum atomic E-state index is 12.3. The molecule has 0 saturated carbocycles. The van der Waals surface area contributed by atoms with E-state index in [0.29, 0.717) is 12.4 Å². The van der Waals surface area contributed by atoms with Crippen molar-refractivity contribution >= 4 is 28.7 Å². The SMILES string of the molecule is COCCNC(=O)NC(=O)COC(=O)c1cc2ccccc2cc1OC. The van der Waals surface area contributed by atoms with E-state index in [1.54, 1.807) is 12.1 Å². The summed E-state index contributed by atoms with van der Waals surface area (Å²) < 4.78 is 15.0. The predicted molar refractivity (Wildman–Crippen MR) is 94.2 cm³/mol. The van der Waals surface area contributed by atoms with E-state index in [0.717, 1.165) is 10.8 Å². The minimum atomic E-state index is -0.743. The zero-order chi connectivity index (χ0) is 18.9. The monoisotopic (exact) mass is 360 g/mol. The number of carbonyl (C=O) groups excluding carboxylic acids is 3. The molecule has 0 radical (unpaired) electrons. The van der Waals surface area contributed by atoms with Gasteiger partial charge in [-0.1, -0.05) is 24.3 Å². The number of esters is 1. The lowest BCUT2D eigenvalue weighted by Gasteiger charge is -2.11. The molecule has 8 nitrogen and oxygen atoms in total. The Kier molecular flexibility index (Phi) is 6.92. The number of urea groups is 1. The van der Waals surface area contributed by atoms with E-state index in [4.69, 9.17) is 14.2 Å². The van der Waals surface area contributed by atoms with Gasteiger partial charge in [0, 0.05) is 13.7 Å². The third kappa shape index (κ3) is 5.18. The summed E-state index contributed by atoms with van der Waals surface area (Å²) >= 11 is 0. The maximum Gasteiger partial charge on any atom is 0.342 e. The van der Waals surface area contributed by atoms with Gasteiger partial charge in [0.05, 0.1) is 13.7 Å². The molecule has 0 aliphatic rings. The maximum absolute atomic E-state index is 12.3. The van der Waals surface area contributed by atoms with Crippen LogP contribution in [0.2, 0.25) is 0 Å². The van der Waals surface area contributed by atoms with Crippen molar-refractivity contribution in [3.05, 3.63) is 42.0 Å². The van der Waals surface area contributed by atoms with Crippen LogP contribution >= 0.6 is 0 Å². The third-order valence-electron chi connectivity index (χ3n) is 3.47. The smallest absolute Gasteiger partial charge is 0.342 e. The quantitative estimate of drug-likeness (QED) is 0.573. The van der Waals surface area contributed by atoms with Crippen LogP contribution in [-0.2, 0) is 14.3 Å². The van der Waals surface area contributed by atoms with Gasteiger partial charge in [-0.3, -0.25) is 10.1 Å². The van der Waals surface area contributed by atoms with Crippen LogP contribution in [0.25, 0.3) is 10.8 Å². The Morgan fingerprint density at radius 1 is 1.04 bits per heavy atom. The molecule has 26 heavy (non-hydrogen) atoms. The number of carbonyl (C=O) groups is 3. The second-order valence-corrected chi connectivity index (χ2v) is 5.27. The molecule has 8 heteroatoms. The van der Waals surface area contributed by atoms with Gasteiger partial charge >= 0.3 is 12.0 Å². The summed E-state index contributed by atoms with van der Waals surface area (Å²) in [5.41, 5.74) is 0.198. The second kappa shape index (κ2) is 9.38. The third-order valence-corrected chi connectivity index (χ3v) is 3.47. The minimum absolute atomic E-state index is 0.198. The molecule has 2 aromatic carbocycles. The van der Waals surface area contributed by atoms with Crippen molar-refractivity contribution in [1.29, 1.82) is 0 Å².